The van der Waals surface area contributed by atoms with Crippen LogP contribution >= 0.6 is 0 Å². The van der Waals surface area contributed by atoms with Crippen LogP contribution in [-0.2, 0) is 16.0 Å². The summed E-state index contributed by atoms with van der Waals surface area (Å²) in [4.78, 5) is 22.5. The molecule has 6 heteroatoms. The van der Waals surface area contributed by atoms with Crippen LogP contribution in [0, 0.1) is 0 Å². The highest BCUT2D eigenvalue weighted by atomic mass is 16.5. The molecule has 1 rings (SSSR count). The van der Waals surface area contributed by atoms with E-state index in [2.05, 4.69) is 11.9 Å². The van der Waals surface area contributed by atoms with E-state index in [0.717, 1.165) is 5.56 Å². The number of aliphatic carboxylic acids is 1. The highest BCUT2D eigenvalue weighted by Crippen LogP contribution is 2.12. The highest BCUT2D eigenvalue weighted by molar-refractivity contribution is 5.80. The summed E-state index contributed by atoms with van der Waals surface area (Å²) < 4.78 is 9.71. The maximum atomic E-state index is 11.3. The molecule has 1 aromatic rings. The third kappa shape index (κ3) is 5.01. The van der Waals surface area contributed by atoms with Gasteiger partial charge in [0, 0.05) is 6.42 Å². The molecule has 0 radical (unpaired) electrons. The first kappa shape index (κ1) is 15.6. The topological polar surface area (TPSA) is 84.9 Å². The number of hydrogen-bond donors (Lipinski definition) is 2. The van der Waals surface area contributed by atoms with E-state index >= 15 is 0 Å². The lowest BCUT2D eigenvalue weighted by molar-refractivity contribution is -0.139. The summed E-state index contributed by atoms with van der Waals surface area (Å²) in [5, 5.41) is 11.4. The molecule has 1 amide bonds. The maximum Gasteiger partial charge on any atom is 0.408 e. The number of carboxylic acids is 1. The predicted molar refractivity (Wildman–Crippen MR) is 72.8 cm³/mol. The summed E-state index contributed by atoms with van der Waals surface area (Å²) in [6, 6.07) is 5.88. The third-order valence-electron chi connectivity index (χ3n) is 2.52. The number of carbonyl (C=O) groups is 2. The van der Waals surface area contributed by atoms with Crippen molar-refractivity contribution in [3.63, 3.8) is 0 Å². The van der Waals surface area contributed by atoms with Crippen LogP contribution in [-0.4, -0.2) is 36.9 Å². The fourth-order valence-electron chi connectivity index (χ4n) is 1.52. The number of carboxylic acid groups (broad SMARTS) is 1. The second-order valence-electron chi connectivity index (χ2n) is 3.97. The molecule has 108 valence electrons. The van der Waals surface area contributed by atoms with E-state index in [0.29, 0.717) is 5.75 Å². The van der Waals surface area contributed by atoms with Crippen LogP contribution in [0.25, 0.3) is 0 Å². The van der Waals surface area contributed by atoms with Gasteiger partial charge in [0.1, 0.15) is 18.4 Å². The molecule has 0 aliphatic carbocycles. The fraction of sp³-hybridized carbons (Fsp3) is 0.286. The van der Waals surface area contributed by atoms with Crippen molar-refractivity contribution in [2.45, 2.75) is 12.5 Å². The number of alkyl carbamates (subject to hydrolysis) is 1. The first-order chi connectivity index (χ1) is 9.56. The van der Waals surface area contributed by atoms with Crippen LogP contribution in [0.2, 0.25) is 0 Å². The van der Waals surface area contributed by atoms with Gasteiger partial charge in [-0.05, 0) is 17.7 Å². The monoisotopic (exact) mass is 279 g/mol. The van der Waals surface area contributed by atoms with Crippen LogP contribution < -0.4 is 10.1 Å². The SMILES string of the molecule is C=CCOC(=O)N[C@H](Cc1ccc(OC)cc1)C(=O)O. The van der Waals surface area contributed by atoms with Crippen LogP contribution in [0.4, 0.5) is 4.79 Å². The number of methoxy groups -OCH3 is 1. The lowest BCUT2D eigenvalue weighted by atomic mass is 10.1. The van der Waals surface area contributed by atoms with E-state index in [9.17, 15) is 9.59 Å². The largest absolute Gasteiger partial charge is 0.497 e. The van der Waals surface area contributed by atoms with E-state index in [1.807, 2.05) is 0 Å². The normalized spacial score (nSPS) is 11.2. The van der Waals surface area contributed by atoms with Crippen molar-refractivity contribution in [1.29, 1.82) is 0 Å². The molecular weight excluding hydrogens is 262 g/mol. The van der Waals surface area contributed by atoms with Gasteiger partial charge in [-0.25, -0.2) is 9.59 Å². The van der Waals surface area contributed by atoms with E-state index in [1.165, 1.54) is 6.08 Å². The zero-order valence-corrected chi connectivity index (χ0v) is 11.2. The Morgan fingerprint density at radius 1 is 1.40 bits per heavy atom. The maximum absolute atomic E-state index is 11.3. The van der Waals surface area contributed by atoms with Crippen LogP contribution in [0.5, 0.6) is 5.75 Å². The average molecular weight is 279 g/mol. The van der Waals surface area contributed by atoms with Crippen LogP contribution in [0.15, 0.2) is 36.9 Å². The second kappa shape index (κ2) is 7.83. The molecule has 6 nitrogen and oxygen atoms in total. The average Bonchev–Trinajstić information content (AvgIpc) is 2.45. The van der Waals surface area contributed by atoms with Crippen molar-refractivity contribution in [3.05, 3.63) is 42.5 Å². The van der Waals surface area contributed by atoms with Gasteiger partial charge >= 0.3 is 12.1 Å². The van der Waals surface area contributed by atoms with E-state index < -0.39 is 18.1 Å². The summed E-state index contributed by atoms with van der Waals surface area (Å²) in [7, 11) is 1.55. The molecule has 20 heavy (non-hydrogen) atoms. The summed E-state index contributed by atoms with van der Waals surface area (Å²) >= 11 is 0. The smallest absolute Gasteiger partial charge is 0.408 e. The minimum absolute atomic E-state index is 0.0285. The number of carbonyl (C=O) groups excluding carboxylic acids is 1. The van der Waals surface area contributed by atoms with E-state index in [4.69, 9.17) is 14.6 Å². The van der Waals surface area contributed by atoms with Gasteiger partial charge in [-0.1, -0.05) is 24.8 Å². The Morgan fingerprint density at radius 2 is 2.05 bits per heavy atom. The van der Waals surface area contributed by atoms with Gasteiger partial charge in [0.25, 0.3) is 0 Å². The Labute approximate surface area is 117 Å². The quantitative estimate of drug-likeness (QED) is 0.741. The number of amides is 1. The lowest BCUT2D eigenvalue weighted by Gasteiger charge is -2.14. The molecule has 0 spiro atoms. The minimum atomic E-state index is -1.13. The molecule has 0 aliphatic heterocycles. The molecule has 0 unspecified atom stereocenters. The van der Waals surface area contributed by atoms with E-state index in [1.54, 1.807) is 31.4 Å². The minimum Gasteiger partial charge on any atom is -0.497 e. The zero-order chi connectivity index (χ0) is 15.0. The zero-order valence-electron chi connectivity index (χ0n) is 11.2. The van der Waals surface area contributed by atoms with Gasteiger partial charge in [0.2, 0.25) is 0 Å². The summed E-state index contributed by atoms with van der Waals surface area (Å²) in [5.74, 6) is -0.449. The van der Waals surface area contributed by atoms with Crippen molar-refractivity contribution in [1.82, 2.24) is 5.32 Å². The molecule has 0 aromatic heterocycles. The molecule has 0 heterocycles. The van der Waals surface area contributed by atoms with Crippen LogP contribution in [0.1, 0.15) is 5.56 Å². The molecule has 0 bridgehead atoms. The first-order valence-electron chi connectivity index (χ1n) is 5.96. The molecule has 0 saturated heterocycles. The van der Waals surface area contributed by atoms with Crippen molar-refractivity contribution >= 4 is 12.1 Å². The Kier molecular flexibility index (Phi) is 6.09. The van der Waals surface area contributed by atoms with Gasteiger partial charge in [0.05, 0.1) is 7.11 Å². The molecule has 0 aliphatic rings. The number of nitrogens with one attached hydrogen (secondary N) is 1. The Hall–Kier alpha value is -2.50. The molecule has 0 fully saturated rings. The molecule has 1 aromatic carbocycles. The van der Waals surface area contributed by atoms with Gasteiger partial charge < -0.3 is 19.9 Å². The fourth-order valence-corrected chi connectivity index (χ4v) is 1.52. The van der Waals surface area contributed by atoms with Crippen LogP contribution in [0.3, 0.4) is 0 Å². The molecule has 0 saturated carbocycles. The lowest BCUT2D eigenvalue weighted by Crippen LogP contribution is -2.42. The van der Waals surface area contributed by atoms with Gasteiger partial charge in [-0.3, -0.25) is 0 Å². The summed E-state index contributed by atoms with van der Waals surface area (Å²) in [6.07, 6.45) is 0.771. The number of benzene rings is 1. The predicted octanol–water partition coefficient (Wildman–Crippen LogP) is 1.60. The van der Waals surface area contributed by atoms with Gasteiger partial charge in [0.15, 0.2) is 0 Å². The van der Waals surface area contributed by atoms with Crippen molar-refractivity contribution in [2.24, 2.45) is 0 Å². The third-order valence-corrected chi connectivity index (χ3v) is 2.52. The van der Waals surface area contributed by atoms with E-state index in [-0.39, 0.29) is 13.0 Å². The van der Waals surface area contributed by atoms with Crippen molar-refractivity contribution in [2.75, 3.05) is 13.7 Å². The van der Waals surface area contributed by atoms with Gasteiger partial charge in [-0.15, -0.1) is 0 Å². The first-order valence-corrected chi connectivity index (χ1v) is 5.96. The molecule has 2 N–H and O–H groups in total. The Balaban J connectivity index is 2.64. The highest BCUT2D eigenvalue weighted by Gasteiger charge is 2.20. The van der Waals surface area contributed by atoms with Crippen molar-refractivity contribution in [3.8, 4) is 5.75 Å². The standard InChI is InChI=1S/C14H17NO5/c1-3-8-20-14(18)15-12(13(16)17)9-10-4-6-11(19-2)7-5-10/h3-7,12H,1,8-9H2,2H3,(H,15,18)(H,16,17)/t12-/m1/s1. The Morgan fingerprint density at radius 3 is 2.55 bits per heavy atom. The summed E-state index contributed by atoms with van der Waals surface area (Å²) in [6.45, 7) is 3.43. The number of ether oxygens (including phenoxy) is 2. The summed E-state index contributed by atoms with van der Waals surface area (Å²) in [5.41, 5.74) is 0.766. The Bertz CT molecular complexity index is 469. The number of rotatable bonds is 7. The number of hydrogen-bond acceptors (Lipinski definition) is 4. The van der Waals surface area contributed by atoms with Crippen molar-refractivity contribution < 1.29 is 24.2 Å². The van der Waals surface area contributed by atoms with Gasteiger partial charge in [-0.2, -0.15) is 0 Å². The molecular formula is C14H17NO5. The second-order valence-corrected chi connectivity index (χ2v) is 3.97. The molecule has 1 atom stereocenters.